The number of rotatable bonds is 3. The number of nitrogen functional groups attached to an aromatic ring is 1. The van der Waals surface area contributed by atoms with Gasteiger partial charge in [-0.3, -0.25) is 4.90 Å². The van der Waals surface area contributed by atoms with Crippen LogP contribution in [0.5, 0.6) is 0 Å². The Bertz CT molecular complexity index is 533. The molecule has 0 bridgehead atoms. The standard InChI is InChI=1S/C11H16N6O/c12-10-9-7-15-17(11(9)14-8-13-10)2-1-16-3-5-18-6-4-16/h7-8H,1-6H2,(H2,12,13,14). The summed E-state index contributed by atoms with van der Waals surface area (Å²) in [5.41, 5.74) is 6.58. The average Bonchev–Trinajstić information content (AvgIpc) is 2.82. The maximum Gasteiger partial charge on any atom is 0.163 e. The van der Waals surface area contributed by atoms with Crippen molar-refractivity contribution in [1.29, 1.82) is 0 Å². The number of fused-ring (bicyclic) bond motifs is 1. The summed E-state index contributed by atoms with van der Waals surface area (Å²) in [6.07, 6.45) is 3.20. The highest BCUT2D eigenvalue weighted by Crippen LogP contribution is 2.15. The molecule has 0 saturated carbocycles. The third kappa shape index (κ3) is 2.14. The SMILES string of the molecule is Nc1ncnc2c1cnn2CCN1CCOCC1. The zero-order valence-electron chi connectivity index (χ0n) is 10.1. The van der Waals surface area contributed by atoms with E-state index in [2.05, 4.69) is 20.0 Å². The molecule has 7 nitrogen and oxygen atoms in total. The lowest BCUT2D eigenvalue weighted by Gasteiger charge is -2.26. The predicted molar refractivity (Wildman–Crippen MR) is 67.0 cm³/mol. The van der Waals surface area contributed by atoms with Crippen molar-refractivity contribution in [2.75, 3.05) is 38.6 Å². The fraction of sp³-hybridized carbons (Fsp3) is 0.545. The second-order valence-corrected chi connectivity index (χ2v) is 4.32. The molecular formula is C11H16N6O. The van der Waals surface area contributed by atoms with Gasteiger partial charge in [-0.1, -0.05) is 0 Å². The molecule has 0 aromatic carbocycles. The highest BCUT2D eigenvalue weighted by atomic mass is 16.5. The highest BCUT2D eigenvalue weighted by molar-refractivity contribution is 5.84. The van der Waals surface area contributed by atoms with E-state index in [1.54, 1.807) is 6.20 Å². The van der Waals surface area contributed by atoms with Gasteiger partial charge in [-0.2, -0.15) is 5.10 Å². The van der Waals surface area contributed by atoms with Crippen LogP contribution in [0.4, 0.5) is 5.82 Å². The molecule has 0 unspecified atom stereocenters. The van der Waals surface area contributed by atoms with E-state index in [1.807, 2.05) is 4.68 Å². The summed E-state index contributed by atoms with van der Waals surface area (Å²) >= 11 is 0. The molecule has 0 spiro atoms. The molecule has 0 radical (unpaired) electrons. The number of hydrogen-bond acceptors (Lipinski definition) is 6. The van der Waals surface area contributed by atoms with Crippen LogP contribution in [0.15, 0.2) is 12.5 Å². The highest BCUT2D eigenvalue weighted by Gasteiger charge is 2.12. The quantitative estimate of drug-likeness (QED) is 0.806. The van der Waals surface area contributed by atoms with E-state index >= 15 is 0 Å². The zero-order valence-corrected chi connectivity index (χ0v) is 10.1. The zero-order chi connectivity index (χ0) is 12.4. The van der Waals surface area contributed by atoms with E-state index in [1.165, 1.54) is 6.33 Å². The molecule has 3 heterocycles. The minimum atomic E-state index is 0.484. The lowest BCUT2D eigenvalue weighted by Crippen LogP contribution is -2.38. The molecular weight excluding hydrogens is 232 g/mol. The van der Waals surface area contributed by atoms with Gasteiger partial charge in [-0.15, -0.1) is 0 Å². The van der Waals surface area contributed by atoms with Gasteiger partial charge in [0, 0.05) is 19.6 Å². The minimum absolute atomic E-state index is 0.484. The van der Waals surface area contributed by atoms with Crippen LogP contribution in [0, 0.1) is 0 Å². The normalized spacial score (nSPS) is 17.3. The van der Waals surface area contributed by atoms with Crippen LogP contribution in [0.25, 0.3) is 11.0 Å². The summed E-state index contributed by atoms with van der Waals surface area (Å²) in [4.78, 5) is 10.6. The molecule has 96 valence electrons. The van der Waals surface area contributed by atoms with Crippen LogP contribution in [0.1, 0.15) is 0 Å². The number of anilines is 1. The Hall–Kier alpha value is -1.73. The van der Waals surface area contributed by atoms with Crippen LogP contribution in [0.2, 0.25) is 0 Å². The second kappa shape index (κ2) is 4.87. The van der Waals surface area contributed by atoms with Crippen molar-refractivity contribution in [2.45, 2.75) is 6.54 Å². The van der Waals surface area contributed by atoms with Gasteiger partial charge in [0.2, 0.25) is 0 Å². The van der Waals surface area contributed by atoms with Gasteiger partial charge in [0.25, 0.3) is 0 Å². The van der Waals surface area contributed by atoms with E-state index in [-0.39, 0.29) is 0 Å². The van der Waals surface area contributed by atoms with Crippen molar-refractivity contribution in [3.63, 3.8) is 0 Å². The summed E-state index contributed by atoms with van der Waals surface area (Å²) in [5.74, 6) is 0.484. The number of morpholine rings is 1. The topological polar surface area (TPSA) is 82.1 Å². The summed E-state index contributed by atoms with van der Waals surface area (Å²) < 4.78 is 7.20. The third-order valence-corrected chi connectivity index (χ3v) is 3.20. The first kappa shape index (κ1) is 11.4. The number of hydrogen-bond donors (Lipinski definition) is 1. The van der Waals surface area contributed by atoms with Crippen LogP contribution >= 0.6 is 0 Å². The summed E-state index contributed by atoms with van der Waals surface area (Å²) in [5, 5.41) is 5.14. The molecule has 2 aromatic heterocycles. The van der Waals surface area contributed by atoms with Gasteiger partial charge in [-0.05, 0) is 0 Å². The third-order valence-electron chi connectivity index (χ3n) is 3.20. The van der Waals surface area contributed by atoms with E-state index in [9.17, 15) is 0 Å². The Morgan fingerprint density at radius 3 is 2.89 bits per heavy atom. The van der Waals surface area contributed by atoms with E-state index < -0.39 is 0 Å². The molecule has 2 N–H and O–H groups in total. The number of nitrogens with zero attached hydrogens (tertiary/aromatic N) is 5. The van der Waals surface area contributed by atoms with Crippen LogP contribution in [-0.2, 0) is 11.3 Å². The molecule has 0 amide bonds. The Labute approximate surface area is 105 Å². The first-order valence-electron chi connectivity index (χ1n) is 6.07. The molecule has 3 rings (SSSR count). The number of aromatic nitrogens is 4. The van der Waals surface area contributed by atoms with Crippen molar-refractivity contribution >= 4 is 16.9 Å². The summed E-state index contributed by atoms with van der Waals surface area (Å²) in [7, 11) is 0. The van der Waals surface area contributed by atoms with Gasteiger partial charge in [0.1, 0.15) is 12.1 Å². The Morgan fingerprint density at radius 2 is 2.06 bits per heavy atom. The Kier molecular flexibility index (Phi) is 3.07. The van der Waals surface area contributed by atoms with E-state index in [4.69, 9.17) is 10.5 Å². The van der Waals surface area contributed by atoms with Crippen molar-refractivity contribution < 1.29 is 4.74 Å². The van der Waals surface area contributed by atoms with Crippen molar-refractivity contribution in [3.8, 4) is 0 Å². The first-order chi connectivity index (χ1) is 8.84. The molecule has 18 heavy (non-hydrogen) atoms. The maximum atomic E-state index is 5.78. The fourth-order valence-electron chi connectivity index (χ4n) is 2.14. The molecule has 0 atom stereocenters. The van der Waals surface area contributed by atoms with Crippen LogP contribution < -0.4 is 5.73 Å². The van der Waals surface area contributed by atoms with E-state index in [0.717, 1.165) is 50.4 Å². The van der Waals surface area contributed by atoms with Gasteiger partial charge >= 0.3 is 0 Å². The Morgan fingerprint density at radius 1 is 1.22 bits per heavy atom. The van der Waals surface area contributed by atoms with Crippen LogP contribution in [0.3, 0.4) is 0 Å². The molecule has 2 aromatic rings. The molecule has 1 saturated heterocycles. The second-order valence-electron chi connectivity index (χ2n) is 4.32. The number of nitrogens with two attached hydrogens (primary N) is 1. The largest absolute Gasteiger partial charge is 0.383 e. The number of ether oxygens (including phenoxy) is 1. The van der Waals surface area contributed by atoms with Gasteiger partial charge in [-0.25, -0.2) is 14.6 Å². The van der Waals surface area contributed by atoms with E-state index in [0.29, 0.717) is 5.82 Å². The minimum Gasteiger partial charge on any atom is -0.383 e. The lowest BCUT2D eigenvalue weighted by atomic mass is 10.4. The lowest BCUT2D eigenvalue weighted by molar-refractivity contribution is 0.0361. The van der Waals surface area contributed by atoms with Crippen molar-refractivity contribution in [3.05, 3.63) is 12.5 Å². The first-order valence-corrected chi connectivity index (χ1v) is 6.07. The molecule has 1 fully saturated rings. The fourth-order valence-corrected chi connectivity index (χ4v) is 2.14. The van der Waals surface area contributed by atoms with Crippen molar-refractivity contribution in [1.82, 2.24) is 24.6 Å². The maximum absolute atomic E-state index is 5.78. The van der Waals surface area contributed by atoms with Gasteiger partial charge < -0.3 is 10.5 Å². The predicted octanol–water partition coefficient (Wildman–Crippen LogP) is -0.259. The van der Waals surface area contributed by atoms with Crippen molar-refractivity contribution in [2.24, 2.45) is 0 Å². The molecule has 7 heteroatoms. The molecule has 0 aliphatic carbocycles. The summed E-state index contributed by atoms with van der Waals surface area (Å²) in [6.45, 7) is 5.35. The average molecular weight is 248 g/mol. The van der Waals surface area contributed by atoms with Gasteiger partial charge in [0.05, 0.1) is 31.3 Å². The Balaban J connectivity index is 1.72. The molecule has 1 aliphatic heterocycles. The summed E-state index contributed by atoms with van der Waals surface area (Å²) in [6, 6.07) is 0. The smallest absolute Gasteiger partial charge is 0.163 e. The monoisotopic (exact) mass is 248 g/mol. The van der Waals surface area contributed by atoms with Gasteiger partial charge in [0.15, 0.2) is 5.65 Å². The molecule has 1 aliphatic rings. The van der Waals surface area contributed by atoms with Crippen LogP contribution in [-0.4, -0.2) is 57.5 Å².